The molecule has 0 atom stereocenters. The van der Waals surface area contributed by atoms with Gasteiger partial charge in [-0.1, -0.05) is 23.3 Å². The lowest BCUT2D eigenvalue weighted by atomic mass is 10.3. The van der Waals surface area contributed by atoms with Crippen molar-refractivity contribution in [1.82, 2.24) is 20.2 Å². The van der Waals surface area contributed by atoms with E-state index in [9.17, 15) is 4.79 Å². The maximum absolute atomic E-state index is 11.7. The maximum atomic E-state index is 11.7. The van der Waals surface area contributed by atoms with Gasteiger partial charge in [0.15, 0.2) is 0 Å². The minimum atomic E-state index is -0.0430. The molecule has 3 rings (SSSR count). The van der Waals surface area contributed by atoms with Gasteiger partial charge in [-0.15, -0.1) is 0 Å². The summed E-state index contributed by atoms with van der Waals surface area (Å²) in [6.07, 6.45) is 0. The fourth-order valence-electron chi connectivity index (χ4n) is 1.61. The van der Waals surface area contributed by atoms with E-state index in [0.29, 0.717) is 5.95 Å². The second-order valence-corrected chi connectivity index (χ2v) is 3.20. The van der Waals surface area contributed by atoms with Crippen molar-refractivity contribution in [2.75, 3.05) is 4.90 Å². The molecule has 0 saturated heterocycles. The van der Waals surface area contributed by atoms with Gasteiger partial charge in [0.2, 0.25) is 0 Å². The van der Waals surface area contributed by atoms with Gasteiger partial charge in [-0.3, -0.25) is 4.79 Å². The van der Waals surface area contributed by atoms with Crippen LogP contribution in [0.2, 0.25) is 0 Å². The van der Waals surface area contributed by atoms with Crippen LogP contribution in [-0.2, 0) is 11.3 Å². The molecule has 1 aliphatic heterocycles. The number of fused-ring (bicyclic) bond motifs is 1. The molecular formula is C9H7N5O. The summed E-state index contributed by atoms with van der Waals surface area (Å²) < 4.78 is 1.48. The summed E-state index contributed by atoms with van der Waals surface area (Å²) in [5.74, 6) is 0.435. The largest absolute Gasteiger partial charge is 0.272 e. The van der Waals surface area contributed by atoms with Crippen molar-refractivity contribution in [3.8, 4) is 0 Å². The third kappa shape index (κ3) is 1.11. The molecule has 0 aliphatic carbocycles. The molecule has 0 unspecified atom stereocenters. The van der Waals surface area contributed by atoms with Crippen LogP contribution in [0, 0.1) is 0 Å². The molecule has 0 spiro atoms. The Morgan fingerprint density at radius 2 is 2.00 bits per heavy atom. The van der Waals surface area contributed by atoms with Gasteiger partial charge < -0.3 is 0 Å². The molecule has 0 N–H and O–H groups in total. The molecule has 1 aromatic carbocycles. The van der Waals surface area contributed by atoms with Gasteiger partial charge in [-0.25, -0.2) is 9.58 Å². The Morgan fingerprint density at radius 3 is 2.80 bits per heavy atom. The molecule has 0 bridgehead atoms. The number of rotatable bonds is 1. The number of carbonyl (C=O) groups is 1. The van der Waals surface area contributed by atoms with E-state index in [1.54, 1.807) is 0 Å². The Morgan fingerprint density at radius 1 is 1.20 bits per heavy atom. The van der Waals surface area contributed by atoms with Gasteiger partial charge in [-0.05, 0) is 22.6 Å². The zero-order valence-corrected chi connectivity index (χ0v) is 7.74. The van der Waals surface area contributed by atoms with Gasteiger partial charge in [0.25, 0.3) is 11.9 Å². The molecule has 2 heterocycles. The predicted molar refractivity (Wildman–Crippen MR) is 51.4 cm³/mol. The SMILES string of the molecule is O=C1Cn2nnnc2N1c1ccccc1. The zero-order valence-electron chi connectivity index (χ0n) is 7.74. The summed E-state index contributed by atoms with van der Waals surface area (Å²) in [7, 11) is 0. The van der Waals surface area contributed by atoms with Crippen molar-refractivity contribution in [1.29, 1.82) is 0 Å². The van der Waals surface area contributed by atoms with Crippen molar-refractivity contribution in [2.45, 2.75) is 6.54 Å². The molecule has 0 saturated carbocycles. The molecule has 74 valence electrons. The van der Waals surface area contributed by atoms with Gasteiger partial charge >= 0.3 is 0 Å². The monoisotopic (exact) mass is 201 g/mol. The first kappa shape index (κ1) is 8.10. The Balaban J connectivity index is 2.11. The molecule has 1 aliphatic rings. The number of hydrogen-bond donors (Lipinski definition) is 0. The lowest BCUT2D eigenvalue weighted by Crippen LogP contribution is -2.21. The summed E-state index contributed by atoms with van der Waals surface area (Å²) in [5, 5.41) is 11.1. The number of para-hydroxylation sites is 1. The van der Waals surface area contributed by atoms with E-state index in [-0.39, 0.29) is 12.5 Å². The normalized spacial score (nSPS) is 14.4. The minimum absolute atomic E-state index is 0.0430. The minimum Gasteiger partial charge on any atom is -0.272 e. The third-order valence-electron chi connectivity index (χ3n) is 2.26. The summed E-state index contributed by atoms with van der Waals surface area (Å²) in [6.45, 7) is 0.206. The molecule has 2 aromatic rings. The highest BCUT2D eigenvalue weighted by Gasteiger charge is 2.31. The average molecular weight is 201 g/mol. The molecule has 6 heteroatoms. The third-order valence-corrected chi connectivity index (χ3v) is 2.26. The number of anilines is 2. The Kier molecular flexibility index (Phi) is 1.55. The highest BCUT2D eigenvalue weighted by molar-refractivity contribution is 6.01. The standard InChI is InChI=1S/C9H7N5O/c15-8-6-13-9(10-11-12-13)14(8)7-4-2-1-3-5-7/h1-5H,6H2. The summed E-state index contributed by atoms with van der Waals surface area (Å²) in [6, 6.07) is 9.33. The highest BCUT2D eigenvalue weighted by atomic mass is 16.2. The second-order valence-electron chi connectivity index (χ2n) is 3.20. The van der Waals surface area contributed by atoms with Crippen molar-refractivity contribution in [3.63, 3.8) is 0 Å². The number of benzene rings is 1. The van der Waals surface area contributed by atoms with Crippen LogP contribution in [0.1, 0.15) is 0 Å². The van der Waals surface area contributed by atoms with Crippen LogP contribution in [0.3, 0.4) is 0 Å². The number of hydrogen-bond acceptors (Lipinski definition) is 4. The Labute approximate surface area is 85.1 Å². The van der Waals surface area contributed by atoms with E-state index in [2.05, 4.69) is 15.5 Å². The van der Waals surface area contributed by atoms with E-state index >= 15 is 0 Å². The van der Waals surface area contributed by atoms with Crippen molar-refractivity contribution in [3.05, 3.63) is 30.3 Å². The first-order valence-electron chi connectivity index (χ1n) is 4.50. The van der Waals surface area contributed by atoms with Crippen molar-refractivity contribution < 1.29 is 4.79 Å². The molecule has 15 heavy (non-hydrogen) atoms. The highest BCUT2D eigenvalue weighted by Crippen LogP contribution is 2.26. The van der Waals surface area contributed by atoms with Crippen molar-refractivity contribution >= 4 is 17.5 Å². The molecule has 0 fully saturated rings. The fraction of sp³-hybridized carbons (Fsp3) is 0.111. The number of nitrogens with zero attached hydrogens (tertiary/aromatic N) is 5. The number of aromatic nitrogens is 4. The van der Waals surface area contributed by atoms with Crippen LogP contribution < -0.4 is 4.90 Å². The van der Waals surface area contributed by atoms with Crippen LogP contribution in [-0.4, -0.2) is 26.1 Å². The van der Waals surface area contributed by atoms with E-state index in [1.165, 1.54) is 9.58 Å². The molecule has 1 amide bonds. The van der Waals surface area contributed by atoms with E-state index in [1.807, 2.05) is 30.3 Å². The van der Waals surface area contributed by atoms with Crippen LogP contribution >= 0.6 is 0 Å². The second kappa shape index (κ2) is 2.88. The average Bonchev–Trinajstić information content (AvgIpc) is 2.78. The zero-order chi connectivity index (χ0) is 10.3. The summed E-state index contributed by atoms with van der Waals surface area (Å²) in [5.41, 5.74) is 0.788. The van der Waals surface area contributed by atoms with Crippen LogP contribution in [0.5, 0.6) is 0 Å². The topological polar surface area (TPSA) is 63.9 Å². The molecule has 1 aromatic heterocycles. The van der Waals surface area contributed by atoms with Gasteiger partial charge in [0.05, 0.1) is 5.69 Å². The van der Waals surface area contributed by atoms with Gasteiger partial charge in [0, 0.05) is 0 Å². The van der Waals surface area contributed by atoms with Gasteiger partial charge in [-0.2, -0.15) is 0 Å². The summed E-state index contributed by atoms with van der Waals surface area (Å²) in [4.78, 5) is 13.2. The quantitative estimate of drug-likeness (QED) is 0.667. The van der Waals surface area contributed by atoms with Crippen molar-refractivity contribution in [2.24, 2.45) is 0 Å². The first-order valence-corrected chi connectivity index (χ1v) is 4.50. The first-order chi connectivity index (χ1) is 7.36. The number of amides is 1. The maximum Gasteiger partial charge on any atom is 0.257 e. The van der Waals surface area contributed by atoms with E-state index < -0.39 is 0 Å². The van der Waals surface area contributed by atoms with Crippen LogP contribution in [0.15, 0.2) is 30.3 Å². The predicted octanol–water partition coefficient (Wildman–Crippen LogP) is 0.351. The lowest BCUT2D eigenvalue weighted by Gasteiger charge is -2.12. The fourth-order valence-corrected chi connectivity index (χ4v) is 1.61. The summed E-state index contributed by atoms with van der Waals surface area (Å²) >= 11 is 0. The van der Waals surface area contributed by atoms with Gasteiger partial charge in [0.1, 0.15) is 6.54 Å². The van der Waals surface area contributed by atoms with E-state index in [4.69, 9.17) is 0 Å². The number of carbonyl (C=O) groups excluding carboxylic acids is 1. The number of tetrazole rings is 1. The molecule has 0 radical (unpaired) electrons. The lowest BCUT2D eigenvalue weighted by molar-refractivity contribution is -0.117. The van der Waals surface area contributed by atoms with E-state index in [0.717, 1.165) is 5.69 Å². The molecular weight excluding hydrogens is 194 g/mol. The molecule has 6 nitrogen and oxygen atoms in total. The van der Waals surface area contributed by atoms with Crippen LogP contribution in [0.25, 0.3) is 0 Å². The van der Waals surface area contributed by atoms with Crippen LogP contribution in [0.4, 0.5) is 11.6 Å². The Hall–Kier alpha value is -2.24. The Bertz CT molecular complexity index is 506. The smallest absolute Gasteiger partial charge is 0.257 e.